The Morgan fingerprint density at radius 1 is 0.600 bits per heavy atom. The first-order valence-corrected chi connectivity index (χ1v) is 10.0. The van der Waals surface area contributed by atoms with Crippen molar-refractivity contribution in [1.82, 2.24) is 0 Å². The van der Waals surface area contributed by atoms with E-state index in [1.807, 2.05) is 0 Å². The van der Waals surface area contributed by atoms with E-state index in [0.717, 1.165) is 58.3 Å². The highest BCUT2D eigenvalue weighted by Crippen LogP contribution is 2.41. The first-order valence-electron chi connectivity index (χ1n) is 8.94. The molecule has 0 spiro atoms. The molecule has 3 saturated heterocycles. The highest BCUT2D eigenvalue weighted by Gasteiger charge is 2.24. The molecule has 25 heavy (non-hydrogen) atoms. The van der Waals surface area contributed by atoms with Gasteiger partial charge >= 0.3 is 8.60 Å². The summed E-state index contributed by atoms with van der Waals surface area (Å²) < 4.78 is 31.8. The van der Waals surface area contributed by atoms with Crippen LogP contribution in [0.5, 0.6) is 0 Å². The lowest BCUT2D eigenvalue weighted by molar-refractivity contribution is -0.321. The average Bonchev–Trinajstić information content (AvgIpc) is 3.38. The molecule has 0 aromatic rings. The van der Waals surface area contributed by atoms with E-state index in [1.165, 1.54) is 0 Å². The minimum Gasteiger partial charge on any atom is -0.376 e. The predicted molar refractivity (Wildman–Crippen MR) is 85.0 cm³/mol. The lowest BCUT2D eigenvalue weighted by Crippen LogP contribution is -2.17. The molecule has 0 bridgehead atoms. The van der Waals surface area contributed by atoms with Gasteiger partial charge in [0, 0.05) is 19.8 Å². The summed E-state index contributed by atoms with van der Waals surface area (Å²) in [5.74, 6) is 0. The van der Waals surface area contributed by atoms with Crippen LogP contribution in [0.1, 0.15) is 38.5 Å². The van der Waals surface area contributed by atoms with Crippen molar-refractivity contribution in [3.8, 4) is 0 Å². The van der Waals surface area contributed by atoms with Crippen molar-refractivity contribution in [3.05, 3.63) is 0 Å². The second kappa shape index (κ2) is 11.7. The van der Waals surface area contributed by atoms with E-state index in [1.54, 1.807) is 0 Å². The van der Waals surface area contributed by atoms with E-state index in [9.17, 15) is 0 Å². The van der Waals surface area contributed by atoms with Gasteiger partial charge in [0.05, 0.1) is 18.3 Å². The zero-order valence-corrected chi connectivity index (χ0v) is 15.2. The molecule has 0 aromatic carbocycles. The molecule has 0 radical (unpaired) electrons. The highest BCUT2D eigenvalue weighted by molar-refractivity contribution is 7.41. The SMILES string of the molecule is C1COC(COOP(OOCC2CCCO2)OOCC2CCCO2)C1. The quantitative estimate of drug-likeness (QED) is 0.287. The Hall–Kier alpha value is 0.0700. The van der Waals surface area contributed by atoms with Gasteiger partial charge in [0.1, 0.15) is 19.8 Å². The predicted octanol–water partition coefficient (Wildman–Crippen LogP) is 2.59. The normalized spacial score (nSPS) is 31.0. The first-order chi connectivity index (χ1) is 12.4. The molecule has 3 heterocycles. The molecular formula is C15H27O9P. The lowest BCUT2D eigenvalue weighted by atomic mass is 10.2. The van der Waals surface area contributed by atoms with Gasteiger partial charge in [0.2, 0.25) is 0 Å². The van der Waals surface area contributed by atoms with Crippen LogP contribution >= 0.6 is 8.60 Å². The van der Waals surface area contributed by atoms with Crippen molar-refractivity contribution in [1.29, 1.82) is 0 Å². The Balaban J connectivity index is 1.31. The van der Waals surface area contributed by atoms with E-state index in [-0.39, 0.29) is 18.3 Å². The fraction of sp³-hybridized carbons (Fsp3) is 1.00. The van der Waals surface area contributed by atoms with Crippen LogP contribution in [0, 0.1) is 0 Å². The number of hydrogen-bond acceptors (Lipinski definition) is 9. The van der Waals surface area contributed by atoms with E-state index < -0.39 is 8.60 Å². The van der Waals surface area contributed by atoms with Gasteiger partial charge in [0.25, 0.3) is 0 Å². The molecule has 3 aliphatic rings. The van der Waals surface area contributed by atoms with Gasteiger partial charge in [-0.15, -0.1) is 14.0 Å². The van der Waals surface area contributed by atoms with Crippen LogP contribution in [0.2, 0.25) is 0 Å². The minimum atomic E-state index is -1.95. The molecule has 0 amide bonds. The fourth-order valence-corrected chi connectivity index (χ4v) is 3.33. The fourth-order valence-electron chi connectivity index (χ4n) is 2.81. The molecular weight excluding hydrogens is 355 g/mol. The van der Waals surface area contributed by atoms with Crippen LogP contribution in [0.3, 0.4) is 0 Å². The first kappa shape index (κ1) is 19.8. The van der Waals surface area contributed by atoms with Gasteiger partial charge < -0.3 is 14.2 Å². The van der Waals surface area contributed by atoms with Crippen molar-refractivity contribution in [2.24, 2.45) is 0 Å². The van der Waals surface area contributed by atoms with Crippen LogP contribution in [0.15, 0.2) is 0 Å². The van der Waals surface area contributed by atoms with Crippen LogP contribution in [-0.4, -0.2) is 58.0 Å². The second-order valence-corrected chi connectivity index (χ2v) is 7.10. The Morgan fingerprint density at radius 3 is 1.24 bits per heavy atom. The molecule has 146 valence electrons. The van der Waals surface area contributed by atoms with E-state index in [0.29, 0.717) is 19.8 Å². The Labute approximate surface area is 148 Å². The Morgan fingerprint density at radius 2 is 0.960 bits per heavy atom. The summed E-state index contributed by atoms with van der Waals surface area (Å²) in [7, 11) is -1.95. The smallest absolute Gasteiger partial charge is 0.376 e. The molecule has 0 saturated carbocycles. The summed E-state index contributed by atoms with van der Waals surface area (Å²) in [5.41, 5.74) is 0. The van der Waals surface area contributed by atoms with Crippen LogP contribution in [-0.2, 0) is 42.9 Å². The van der Waals surface area contributed by atoms with Gasteiger partial charge in [-0.05, 0) is 38.5 Å². The lowest BCUT2D eigenvalue weighted by Gasteiger charge is -2.16. The molecule has 10 heteroatoms. The summed E-state index contributed by atoms with van der Waals surface area (Å²) in [6, 6.07) is 0. The number of hydrogen-bond donors (Lipinski definition) is 0. The topological polar surface area (TPSA) is 83.1 Å². The molecule has 3 atom stereocenters. The largest absolute Gasteiger partial charge is 0.421 e. The summed E-state index contributed by atoms with van der Waals surface area (Å²) in [5, 5.41) is 0. The maximum Gasteiger partial charge on any atom is 0.421 e. The zero-order chi connectivity index (χ0) is 17.2. The maximum atomic E-state index is 5.46. The summed E-state index contributed by atoms with van der Waals surface area (Å²) in [4.78, 5) is 15.5. The number of rotatable bonds is 12. The van der Waals surface area contributed by atoms with Crippen molar-refractivity contribution in [3.63, 3.8) is 0 Å². The molecule has 9 nitrogen and oxygen atoms in total. The highest BCUT2D eigenvalue weighted by atomic mass is 31.2. The van der Waals surface area contributed by atoms with E-state index in [4.69, 9.17) is 42.9 Å². The molecule has 0 N–H and O–H groups in total. The minimum absolute atomic E-state index is 0.0393. The second-order valence-electron chi connectivity index (χ2n) is 6.21. The van der Waals surface area contributed by atoms with E-state index >= 15 is 0 Å². The van der Waals surface area contributed by atoms with Gasteiger partial charge in [-0.3, -0.25) is 0 Å². The molecule has 3 rings (SSSR count). The van der Waals surface area contributed by atoms with Crippen LogP contribution < -0.4 is 0 Å². The van der Waals surface area contributed by atoms with Crippen LogP contribution in [0.25, 0.3) is 0 Å². The van der Waals surface area contributed by atoms with Gasteiger partial charge in [0.15, 0.2) is 0 Å². The maximum absolute atomic E-state index is 5.46. The van der Waals surface area contributed by atoms with Crippen molar-refractivity contribution >= 4 is 8.60 Å². The van der Waals surface area contributed by atoms with Gasteiger partial charge in [-0.2, -0.15) is 0 Å². The molecule has 3 aliphatic heterocycles. The summed E-state index contributed by atoms with van der Waals surface area (Å²) in [6.07, 6.45) is 6.07. The summed E-state index contributed by atoms with van der Waals surface area (Å²) >= 11 is 0. The Bertz CT molecular complexity index is 292. The molecule has 3 unspecified atom stereocenters. The monoisotopic (exact) mass is 382 g/mol. The third-order valence-electron chi connectivity index (χ3n) is 4.17. The molecule has 3 fully saturated rings. The van der Waals surface area contributed by atoms with Gasteiger partial charge in [-0.25, -0.2) is 14.7 Å². The third kappa shape index (κ3) is 7.68. The third-order valence-corrected chi connectivity index (χ3v) is 4.86. The van der Waals surface area contributed by atoms with Crippen LogP contribution in [0.4, 0.5) is 0 Å². The van der Waals surface area contributed by atoms with Crippen molar-refractivity contribution in [2.45, 2.75) is 56.8 Å². The van der Waals surface area contributed by atoms with Gasteiger partial charge in [-0.1, -0.05) is 0 Å². The summed E-state index contributed by atoms with van der Waals surface area (Å²) in [6.45, 7) is 3.19. The Kier molecular flexibility index (Phi) is 9.29. The standard InChI is InChI=1S/C15H27O9P/c1-4-13(16-7-1)10-19-22-25(23-20-11-14-5-2-8-17-14)24-21-12-15-6-3-9-18-15/h13-15H,1-12H2. The molecule has 0 aliphatic carbocycles. The van der Waals surface area contributed by atoms with Crippen molar-refractivity contribution in [2.75, 3.05) is 39.6 Å². The zero-order valence-electron chi connectivity index (χ0n) is 14.3. The van der Waals surface area contributed by atoms with E-state index in [2.05, 4.69) is 0 Å². The average molecular weight is 382 g/mol. The van der Waals surface area contributed by atoms with Crippen molar-refractivity contribution < 1.29 is 42.9 Å². The number of ether oxygens (including phenoxy) is 3. The molecule has 0 aromatic heterocycles.